The summed E-state index contributed by atoms with van der Waals surface area (Å²) in [5, 5.41) is 12.6. The van der Waals surface area contributed by atoms with Crippen LogP contribution in [0, 0.1) is 11.7 Å². The van der Waals surface area contributed by atoms with E-state index in [9.17, 15) is 19.1 Å². The molecule has 2 amide bonds. The summed E-state index contributed by atoms with van der Waals surface area (Å²) < 4.78 is 13.6. The maximum absolute atomic E-state index is 13.6. The maximum atomic E-state index is 13.6. The Morgan fingerprint density at radius 1 is 1.23 bits per heavy atom. The van der Waals surface area contributed by atoms with Crippen LogP contribution in [0.15, 0.2) is 48.5 Å². The highest BCUT2D eigenvalue weighted by Crippen LogP contribution is 2.29. The van der Waals surface area contributed by atoms with E-state index in [0.29, 0.717) is 32.4 Å². The molecule has 6 N–H and O–H groups in total. The lowest BCUT2D eigenvalue weighted by atomic mass is 10.0. The average Bonchev–Trinajstić information content (AvgIpc) is 3.16. The lowest BCUT2D eigenvalue weighted by Crippen LogP contribution is -2.51. The number of rotatable bonds is 8. The molecule has 0 saturated carbocycles. The summed E-state index contributed by atoms with van der Waals surface area (Å²) in [7, 11) is 0. The molecule has 160 valence electrons. The Morgan fingerprint density at radius 2 is 1.97 bits per heavy atom. The Morgan fingerprint density at radius 3 is 2.63 bits per heavy atom. The van der Waals surface area contributed by atoms with Gasteiger partial charge in [-0.1, -0.05) is 30.3 Å². The Balaban J connectivity index is 1.85. The van der Waals surface area contributed by atoms with Gasteiger partial charge < -0.3 is 21.9 Å². The Bertz CT molecular complexity index is 893. The van der Waals surface area contributed by atoms with E-state index in [1.54, 1.807) is 4.90 Å². The molecular formula is C22H27FN4O3. The molecule has 1 heterocycles. The summed E-state index contributed by atoms with van der Waals surface area (Å²) >= 11 is 0. The van der Waals surface area contributed by atoms with Crippen molar-refractivity contribution in [3.63, 3.8) is 0 Å². The summed E-state index contributed by atoms with van der Waals surface area (Å²) in [5.41, 5.74) is 12.4. The van der Waals surface area contributed by atoms with Gasteiger partial charge in [-0.15, -0.1) is 0 Å². The highest BCUT2D eigenvalue weighted by Gasteiger charge is 2.41. The highest BCUT2D eigenvalue weighted by molar-refractivity contribution is 5.96. The quantitative estimate of drug-likeness (QED) is 0.489. The second-order valence-electron chi connectivity index (χ2n) is 7.64. The van der Waals surface area contributed by atoms with E-state index < -0.39 is 29.7 Å². The van der Waals surface area contributed by atoms with Crippen LogP contribution in [-0.2, 0) is 16.0 Å². The van der Waals surface area contributed by atoms with Crippen LogP contribution in [0.4, 0.5) is 10.1 Å². The number of aryl methyl sites for hydroxylation is 1. The molecule has 0 aliphatic carbocycles. The molecule has 3 rings (SSSR count). The number of benzene rings is 2. The van der Waals surface area contributed by atoms with Crippen molar-refractivity contribution < 1.29 is 19.1 Å². The fourth-order valence-electron chi connectivity index (χ4n) is 3.97. The van der Waals surface area contributed by atoms with Gasteiger partial charge in [0, 0.05) is 12.6 Å². The number of phenols is 1. The first-order chi connectivity index (χ1) is 14.4. The van der Waals surface area contributed by atoms with Crippen LogP contribution in [0.25, 0.3) is 0 Å². The SMILES string of the molecule is NCC1CC(C(N)=O)N([C@H](CCc2ccccc2)C(=O)Nc2cc(F)ccc2O)C1. The van der Waals surface area contributed by atoms with Gasteiger partial charge in [0.1, 0.15) is 11.6 Å². The molecule has 0 spiro atoms. The number of hydrogen-bond acceptors (Lipinski definition) is 5. The zero-order chi connectivity index (χ0) is 21.7. The van der Waals surface area contributed by atoms with Crippen LogP contribution in [0.5, 0.6) is 5.75 Å². The number of nitrogens with two attached hydrogens (primary N) is 2. The molecule has 3 atom stereocenters. The number of aromatic hydroxyl groups is 1. The van der Waals surface area contributed by atoms with Crippen molar-refractivity contribution in [2.24, 2.45) is 17.4 Å². The van der Waals surface area contributed by atoms with Crippen molar-refractivity contribution in [1.82, 2.24) is 4.90 Å². The number of carbonyl (C=O) groups is 2. The van der Waals surface area contributed by atoms with Crippen LogP contribution in [-0.4, -0.2) is 47.0 Å². The van der Waals surface area contributed by atoms with Gasteiger partial charge >= 0.3 is 0 Å². The molecule has 8 heteroatoms. The second kappa shape index (κ2) is 9.69. The fraction of sp³-hybridized carbons (Fsp3) is 0.364. The number of hydrogen-bond donors (Lipinski definition) is 4. The number of nitrogens with zero attached hydrogens (tertiary/aromatic N) is 1. The standard InChI is InChI=1S/C22H27FN4O3/c23-16-7-9-20(28)17(11-16)26-22(30)18(8-6-14-4-2-1-3-5-14)27-13-15(12-24)10-19(27)21(25)29/h1-5,7,9,11,15,18-19,28H,6,8,10,12-13,24H2,(H2,25,29)(H,26,30)/t15?,18-,19?/m1/s1. The molecule has 0 bridgehead atoms. The van der Waals surface area contributed by atoms with Crippen molar-refractivity contribution >= 4 is 17.5 Å². The Labute approximate surface area is 174 Å². The van der Waals surface area contributed by atoms with Crippen LogP contribution >= 0.6 is 0 Å². The molecule has 2 aromatic rings. The van der Waals surface area contributed by atoms with E-state index >= 15 is 0 Å². The second-order valence-corrected chi connectivity index (χ2v) is 7.64. The van der Waals surface area contributed by atoms with Gasteiger partial charge in [0.15, 0.2) is 0 Å². The predicted molar refractivity (Wildman–Crippen MR) is 112 cm³/mol. The van der Waals surface area contributed by atoms with Gasteiger partial charge in [-0.05, 0) is 49.4 Å². The summed E-state index contributed by atoms with van der Waals surface area (Å²) in [5.74, 6) is -1.70. The average molecular weight is 414 g/mol. The number of anilines is 1. The largest absolute Gasteiger partial charge is 0.506 e. The van der Waals surface area contributed by atoms with Gasteiger partial charge in [-0.3, -0.25) is 14.5 Å². The third-order valence-corrected chi connectivity index (χ3v) is 5.56. The molecule has 30 heavy (non-hydrogen) atoms. The van der Waals surface area contributed by atoms with Crippen LogP contribution < -0.4 is 16.8 Å². The first-order valence-electron chi connectivity index (χ1n) is 9.97. The van der Waals surface area contributed by atoms with Gasteiger partial charge in [0.25, 0.3) is 0 Å². The first kappa shape index (κ1) is 21.7. The molecular weight excluding hydrogens is 387 g/mol. The predicted octanol–water partition coefficient (Wildman–Crippen LogP) is 1.61. The monoisotopic (exact) mass is 414 g/mol. The molecule has 2 unspecified atom stereocenters. The number of primary amides is 1. The fourth-order valence-corrected chi connectivity index (χ4v) is 3.97. The minimum absolute atomic E-state index is 0.0186. The van der Waals surface area contributed by atoms with Crippen molar-refractivity contribution in [3.05, 3.63) is 59.9 Å². The summed E-state index contributed by atoms with van der Waals surface area (Å²) in [6.45, 7) is 0.851. The smallest absolute Gasteiger partial charge is 0.241 e. The third-order valence-electron chi connectivity index (χ3n) is 5.56. The highest BCUT2D eigenvalue weighted by atomic mass is 19.1. The molecule has 1 aliphatic rings. The number of phenolic OH excluding ortho intramolecular Hbond substituents is 1. The van der Waals surface area contributed by atoms with Gasteiger partial charge in [0.2, 0.25) is 11.8 Å². The van der Waals surface area contributed by atoms with Gasteiger partial charge in [0.05, 0.1) is 17.8 Å². The molecule has 1 fully saturated rings. The van der Waals surface area contributed by atoms with Crippen LogP contribution in [0.2, 0.25) is 0 Å². The maximum Gasteiger partial charge on any atom is 0.241 e. The van der Waals surface area contributed by atoms with E-state index in [-0.39, 0.29) is 17.4 Å². The Kier molecular flexibility index (Phi) is 7.02. The molecule has 7 nitrogen and oxygen atoms in total. The number of amides is 2. The summed E-state index contributed by atoms with van der Waals surface area (Å²) in [6.07, 6.45) is 1.52. The van der Waals surface area contributed by atoms with Crippen molar-refractivity contribution in [2.45, 2.75) is 31.3 Å². The lowest BCUT2D eigenvalue weighted by molar-refractivity contribution is -0.127. The zero-order valence-electron chi connectivity index (χ0n) is 16.6. The van der Waals surface area contributed by atoms with Crippen molar-refractivity contribution in [1.29, 1.82) is 0 Å². The topological polar surface area (TPSA) is 122 Å². The number of likely N-dealkylation sites (tertiary alicyclic amines) is 1. The van der Waals surface area contributed by atoms with E-state index in [4.69, 9.17) is 11.5 Å². The van der Waals surface area contributed by atoms with Crippen molar-refractivity contribution in [2.75, 3.05) is 18.4 Å². The van der Waals surface area contributed by atoms with E-state index in [0.717, 1.165) is 17.7 Å². The minimum Gasteiger partial charge on any atom is -0.506 e. The van der Waals surface area contributed by atoms with E-state index in [2.05, 4.69) is 5.32 Å². The minimum atomic E-state index is -0.693. The van der Waals surface area contributed by atoms with Crippen molar-refractivity contribution in [3.8, 4) is 5.75 Å². The third kappa shape index (κ3) is 5.14. The number of carbonyl (C=O) groups excluding carboxylic acids is 2. The normalized spacial score (nSPS) is 20.1. The molecule has 0 aromatic heterocycles. The van der Waals surface area contributed by atoms with Gasteiger partial charge in [-0.2, -0.15) is 0 Å². The van der Waals surface area contributed by atoms with E-state index in [1.165, 1.54) is 6.07 Å². The first-order valence-corrected chi connectivity index (χ1v) is 9.97. The summed E-state index contributed by atoms with van der Waals surface area (Å²) in [6, 6.07) is 11.7. The molecule has 1 aliphatic heterocycles. The zero-order valence-corrected chi connectivity index (χ0v) is 16.6. The molecule has 1 saturated heterocycles. The molecule has 0 radical (unpaired) electrons. The van der Waals surface area contributed by atoms with Crippen LogP contribution in [0.1, 0.15) is 18.4 Å². The summed E-state index contributed by atoms with van der Waals surface area (Å²) in [4.78, 5) is 27.0. The number of halogens is 1. The van der Waals surface area contributed by atoms with Gasteiger partial charge in [-0.25, -0.2) is 4.39 Å². The van der Waals surface area contributed by atoms with E-state index in [1.807, 2.05) is 30.3 Å². The van der Waals surface area contributed by atoms with Crippen LogP contribution in [0.3, 0.4) is 0 Å². The Hall–Kier alpha value is -2.97. The molecule has 2 aromatic carbocycles. The number of nitrogens with one attached hydrogen (secondary N) is 1. The lowest BCUT2D eigenvalue weighted by Gasteiger charge is -2.31.